The van der Waals surface area contributed by atoms with E-state index in [0.29, 0.717) is 12.1 Å². The van der Waals surface area contributed by atoms with E-state index >= 15 is 0 Å². The molecule has 1 aliphatic rings. The molecule has 1 saturated carbocycles. The number of nitrogens with two attached hydrogens (primary N) is 1. The predicted octanol–water partition coefficient (Wildman–Crippen LogP) is 4.02. The average Bonchev–Trinajstić information content (AvgIpc) is 2.32. The maximum atomic E-state index is 6.28. The van der Waals surface area contributed by atoms with Crippen molar-refractivity contribution in [1.29, 1.82) is 0 Å². The molecule has 18 heavy (non-hydrogen) atoms. The Kier molecular flexibility index (Phi) is 5.07. The summed E-state index contributed by atoms with van der Waals surface area (Å²) in [5.74, 6) is 0. The van der Waals surface area contributed by atoms with Gasteiger partial charge in [0.05, 0.1) is 0 Å². The van der Waals surface area contributed by atoms with Crippen LogP contribution in [0.1, 0.15) is 44.2 Å². The number of halogens is 2. The molecular weight excluding hydrogens is 312 g/mol. The standard InChI is InChI=1S/C14H20BrClN2/c1-9(13-7-2-10(15)8-14(13)16)18-12-5-3-11(17)4-6-12/h2,7-9,11-12,18H,3-6,17H2,1H3. The van der Waals surface area contributed by atoms with Gasteiger partial charge in [-0.25, -0.2) is 0 Å². The maximum Gasteiger partial charge on any atom is 0.0464 e. The molecule has 0 radical (unpaired) electrons. The summed E-state index contributed by atoms with van der Waals surface area (Å²) in [6.07, 6.45) is 4.58. The lowest BCUT2D eigenvalue weighted by atomic mass is 9.91. The van der Waals surface area contributed by atoms with Gasteiger partial charge in [0, 0.05) is 27.6 Å². The van der Waals surface area contributed by atoms with Crippen molar-refractivity contribution >= 4 is 27.5 Å². The third-order valence-corrected chi connectivity index (χ3v) is 4.51. The van der Waals surface area contributed by atoms with Crippen molar-refractivity contribution in [2.45, 2.75) is 50.7 Å². The minimum absolute atomic E-state index is 0.282. The van der Waals surface area contributed by atoms with E-state index in [1.165, 1.54) is 12.8 Å². The second-order valence-corrected chi connectivity index (χ2v) is 6.49. The van der Waals surface area contributed by atoms with E-state index in [1.807, 2.05) is 12.1 Å². The molecule has 1 fully saturated rings. The van der Waals surface area contributed by atoms with Crippen molar-refractivity contribution in [3.63, 3.8) is 0 Å². The van der Waals surface area contributed by atoms with Crippen LogP contribution in [0.2, 0.25) is 5.02 Å². The molecule has 0 aromatic heterocycles. The number of benzene rings is 1. The Morgan fingerprint density at radius 1 is 1.33 bits per heavy atom. The molecule has 1 aromatic carbocycles. The molecule has 1 unspecified atom stereocenters. The van der Waals surface area contributed by atoms with Crippen LogP contribution in [0.3, 0.4) is 0 Å². The molecule has 3 N–H and O–H groups in total. The van der Waals surface area contributed by atoms with Crippen LogP contribution in [0.15, 0.2) is 22.7 Å². The van der Waals surface area contributed by atoms with E-state index in [-0.39, 0.29) is 6.04 Å². The lowest BCUT2D eigenvalue weighted by Crippen LogP contribution is -2.38. The Labute approximate surface area is 122 Å². The van der Waals surface area contributed by atoms with Gasteiger partial charge in [0.15, 0.2) is 0 Å². The van der Waals surface area contributed by atoms with Crippen molar-refractivity contribution in [3.8, 4) is 0 Å². The highest BCUT2D eigenvalue weighted by atomic mass is 79.9. The fraction of sp³-hybridized carbons (Fsp3) is 0.571. The first-order valence-corrected chi connectivity index (χ1v) is 7.70. The molecule has 1 aromatic rings. The summed E-state index contributed by atoms with van der Waals surface area (Å²) >= 11 is 9.71. The summed E-state index contributed by atoms with van der Waals surface area (Å²) in [5, 5.41) is 4.48. The third kappa shape index (κ3) is 3.70. The second-order valence-electron chi connectivity index (χ2n) is 5.17. The summed E-state index contributed by atoms with van der Waals surface area (Å²) in [4.78, 5) is 0. The molecule has 2 rings (SSSR count). The monoisotopic (exact) mass is 330 g/mol. The predicted molar refractivity (Wildman–Crippen MR) is 80.9 cm³/mol. The van der Waals surface area contributed by atoms with Gasteiger partial charge in [-0.3, -0.25) is 0 Å². The molecule has 0 amide bonds. The first-order valence-electron chi connectivity index (χ1n) is 6.53. The molecule has 0 saturated heterocycles. The Balaban J connectivity index is 1.97. The molecule has 4 heteroatoms. The number of nitrogens with one attached hydrogen (secondary N) is 1. The summed E-state index contributed by atoms with van der Waals surface area (Å²) in [5.41, 5.74) is 7.09. The van der Waals surface area contributed by atoms with Crippen LogP contribution in [-0.4, -0.2) is 12.1 Å². The van der Waals surface area contributed by atoms with Crippen LogP contribution >= 0.6 is 27.5 Å². The van der Waals surface area contributed by atoms with E-state index in [9.17, 15) is 0 Å². The summed E-state index contributed by atoms with van der Waals surface area (Å²) in [6, 6.07) is 7.32. The summed E-state index contributed by atoms with van der Waals surface area (Å²) < 4.78 is 1.02. The topological polar surface area (TPSA) is 38.0 Å². The fourth-order valence-corrected chi connectivity index (χ4v) is 3.42. The Bertz CT molecular complexity index is 403. The Hall–Kier alpha value is -0.0900. The van der Waals surface area contributed by atoms with Gasteiger partial charge in [0.25, 0.3) is 0 Å². The highest BCUT2D eigenvalue weighted by molar-refractivity contribution is 9.10. The lowest BCUT2D eigenvalue weighted by Gasteiger charge is -2.30. The van der Waals surface area contributed by atoms with E-state index in [1.54, 1.807) is 0 Å². The molecular formula is C14H20BrClN2. The molecule has 0 bridgehead atoms. The van der Waals surface area contributed by atoms with Gasteiger partial charge in [-0.15, -0.1) is 0 Å². The Morgan fingerprint density at radius 2 is 2.00 bits per heavy atom. The zero-order chi connectivity index (χ0) is 13.1. The number of hydrogen-bond donors (Lipinski definition) is 2. The Morgan fingerprint density at radius 3 is 2.61 bits per heavy atom. The lowest BCUT2D eigenvalue weighted by molar-refractivity contribution is 0.322. The van der Waals surface area contributed by atoms with Crippen molar-refractivity contribution in [3.05, 3.63) is 33.3 Å². The zero-order valence-electron chi connectivity index (χ0n) is 10.6. The van der Waals surface area contributed by atoms with Crippen molar-refractivity contribution in [2.24, 2.45) is 5.73 Å². The first-order chi connectivity index (χ1) is 8.56. The molecule has 2 nitrogen and oxygen atoms in total. The second kappa shape index (κ2) is 6.38. The third-order valence-electron chi connectivity index (χ3n) is 3.69. The highest BCUT2D eigenvalue weighted by Crippen LogP contribution is 2.28. The van der Waals surface area contributed by atoms with Crippen molar-refractivity contribution in [1.82, 2.24) is 5.32 Å². The normalized spacial score (nSPS) is 26.0. The van der Waals surface area contributed by atoms with Crippen molar-refractivity contribution in [2.75, 3.05) is 0 Å². The van der Waals surface area contributed by atoms with E-state index < -0.39 is 0 Å². The van der Waals surface area contributed by atoms with Gasteiger partial charge in [0.1, 0.15) is 0 Å². The molecule has 0 heterocycles. The minimum Gasteiger partial charge on any atom is -0.328 e. The fourth-order valence-electron chi connectivity index (χ4n) is 2.58. The van der Waals surface area contributed by atoms with Gasteiger partial charge < -0.3 is 11.1 Å². The first kappa shape index (κ1) is 14.3. The maximum absolute atomic E-state index is 6.28. The van der Waals surface area contributed by atoms with Gasteiger partial charge in [-0.2, -0.15) is 0 Å². The SMILES string of the molecule is CC(NC1CCC(N)CC1)c1ccc(Br)cc1Cl. The summed E-state index contributed by atoms with van der Waals surface area (Å²) in [6.45, 7) is 2.17. The van der Waals surface area contributed by atoms with Crippen molar-refractivity contribution < 1.29 is 0 Å². The largest absolute Gasteiger partial charge is 0.328 e. The minimum atomic E-state index is 0.282. The number of rotatable bonds is 3. The van der Waals surface area contributed by atoms with E-state index in [2.05, 4.69) is 34.2 Å². The quantitative estimate of drug-likeness (QED) is 0.878. The zero-order valence-corrected chi connectivity index (χ0v) is 13.0. The van der Waals surface area contributed by atoms with Gasteiger partial charge >= 0.3 is 0 Å². The van der Waals surface area contributed by atoms with Crippen LogP contribution < -0.4 is 11.1 Å². The molecule has 100 valence electrons. The molecule has 0 aliphatic heterocycles. The number of hydrogen-bond acceptors (Lipinski definition) is 2. The van der Waals surface area contributed by atoms with E-state index in [0.717, 1.165) is 27.9 Å². The van der Waals surface area contributed by atoms with Crippen LogP contribution in [-0.2, 0) is 0 Å². The van der Waals surface area contributed by atoms with Crippen LogP contribution in [0.4, 0.5) is 0 Å². The van der Waals surface area contributed by atoms with Gasteiger partial charge in [0.2, 0.25) is 0 Å². The molecule has 0 spiro atoms. The molecule has 1 atom stereocenters. The van der Waals surface area contributed by atoms with Crippen LogP contribution in [0, 0.1) is 0 Å². The average molecular weight is 332 g/mol. The smallest absolute Gasteiger partial charge is 0.0464 e. The van der Waals surface area contributed by atoms with Crippen LogP contribution in [0.5, 0.6) is 0 Å². The van der Waals surface area contributed by atoms with Gasteiger partial charge in [-0.05, 0) is 50.3 Å². The van der Waals surface area contributed by atoms with E-state index in [4.69, 9.17) is 17.3 Å². The van der Waals surface area contributed by atoms with Gasteiger partial charge in [-0.1, -0.05) is 33.6 Å². The summed E-state index contributed by atoms with van der Waals surface area (Å²) in [7, 11) is 0. The highest BCUT2D eigenvalue weighted by Gasteiger charge is 2.20. The van der Waals surface area contributed by atoms with Crippen LogP contribution in [0.25, 0.3) is 0 Å². The molecule has 1 aliphatic carbocycles.